The van der Waals surface area contributed by atoms with Gasteiger partial charge in [0.2, 0.25) is 0 Å². The van der Waals surface area contributed by atoms with Crippen molar-refractivity contribution in [1.29, 1.82) is 0 Å². The summed E-state index contributed by atoms with van der Waals surface area (Å²) in [5.74, 6) is 2.27. The highest BCUT2D eigenvalue weighted by Crippen LogP contribution is 2.34. The predicted octanol–water partition coefficient (Wildman–Crippen LogP) is 5.54. The SMILES string of the molecule is CC(C)C(CN)c1ccc(OCc2ccccc2)c(OCc2ccccc2)c1. The predicted molar refractivity (Wildman–Crippen MR) is 115 cm³/mol. The van der Waals surface area contributed by atoms with Crippen molar-refractivity contribution < 1.29 is 9.47 Å². The first-order chi connectivity index (χ1) is 13.7. The molecule has 3 rings (SSSR count). The molecule has 3 aromatic rings. The Morgan fingerprint density at radius 2 is 1.25 bits per heavy atom. The van der Waals surface area contributed by atoms with Crippen LogP contribution in [0.2, 0.25) is 0 Å². The lowest BCUT2D eigenvalue weighted by molar-refractivity contribution is 0.255. The molecule has 0 amide bonds. The molecular formula is C25H29NO2. The molecular weight excluding hydrogens is 346 g/mol. The van der Waals surface area contributed by atoms with E-state index in [4.69, 9.17) is 15.2 Å². The Morgan fingerprint density at radius 3 is 1.75 bits per heavy atom. The summed E-state index contributed by atoms with van der Waals surface area (Å²) in [5.41, 5.74) is 9.46. The van der Waals surface area contributed by atoms with E-state index >= 15 is 0 Å². The van der Waals surface area contributed by atoms with Crippen LogP contribution in [0.4, 0.5) is 0 Å². The van der Waals surface area contributed by atoms with E-state index in [1.807, 2.05) is 42.5 Å². The lowest BCUT2D eigenvalue weighted by atomic mass is 9.88. The van der Waals surface area contributed by atoms with Crippen LogP contribution in [-0.2, 0) is 13.2 Å². The molecule has 3 nitrogen and oxygen atoms in total. The first kappa shape index (κ1) is 20.0. The van der Waals surface area contributed by atoms with Crippen molar-refractivity contribution in [2.45, 2.75) is 33.0 Å². The van der Waals surface area contributed by atoms with E-state index in [2.05, 4.69) is 50.2 Å². The Labute approximate surface area is 168 Å². The molecule has 0 aliphatic carbocycles. The third-order valence-corrected chi connectivity index (χ3v) is 4.93. The minimum absolute atomic E-state index is 0.294. The molecule has 0 bridgehead atoms. The highest BCUT2D eigenvalue weighted by Gasteiger charge is 2.17. The van der Waals surface area contributed by atoms with E-state index in [0.29, 0.717) is 31.6 Å². The van der Waals surface area contributed by atoms with E-state index in [1.165, 1.54) is 5.56 Å². The number of rotatable bonds is 9. The monoisotopic (exact) mass is 375 g/mol. The standard InChI is InChI=1S/C25H29NO2/c1-19(2)23(16-26)22-13-14-24(27-17-20-9-5-3-6-10-20)25(15-22)28-18-21-11-7-4-8-12-21/h3-15,19,23H,16-18,26H2,1-2H3. The van der Waals surface area contributed by atoms with Crippen molar-refractivity contribution in [3.8, 4) is 11.5 Å². The third-order valence-electron chi connectivity index (χ3n) is 4.93. The van der Waals surface area contributed by atoms with Crippen molar-refractivity contribution in [2.75, 3.05) is 6.54 Å². The normalized spacial score (nSPS) is 12.0. The molecule has 0 spiro atoms. The Balaban J connectivity index is 1.82. The van der Waals surface area contributed by atoms with Gasteiger partial charge in [0.05, 0.1) is 0 Å². The quantitative estimate of drug-likeness (QED) is 0.534. The second-order valence-corrected chi connectivity index (χ2v) is 7.34. The second kappa shape index (κ2) is 9.95. The summed E-state index contributed by atoms with van der Waals surface area (Å²) < 4.78 is 12.2. The molecule has 0 aromatic heterocycles. The van der Waals surface area contributed by atoms with Gasteiger partial charge in [-0.25, -0.2) is 0 Å². The van der Waals surface area contributed by atoms with Crippen molar-refractivity contribution >= 4 is 0 Å². The van der Waals surface area contributed by atoms with E-state index in [1.54, 1.807) is 0 Å². The molecule has 1 unspecified atom stereocenters. The van der Waals surface area contributed by atoms with Crippen molar-refractivity contribution in [3.05, 3.63) is 95.6 Å². The molecule has 1 atom stereocenters. The summed E-state index contributed by atoms with van der Waals surface area (Å²) in [5, 5.41) is 0. The Hall–Kier alpha value is -2.78. The van der Waals surface area contributed by atoms with Gasteiger partial charge in [0, 0.05) is 0 Å². The van der Waals surface area contributed by atoms with Gasteiger partial charge in [0.15, 0.2) is 11.5 Å². The maximum atomic E-state index is 6.16. The van der Waals surface area contributed by atoms with E-state index in [9.17, 15) is 0 Å². The summed E-state index contributed by atoms with van der Waals surface area (Å²) in [6.45, 7) is 6.01. The van der Waals surface area contributed by atoms with E-state index in [-0.39, 0.29) is 0 Å². The molecule has 3 aromatic carbocycles. The van der Waals surface area contributed by atoms with E-state index < -0.39 is 0 Å². The van der Waals surface area contributed by atoms with Crippen molar-refractivity contribution in [3.63, 3.8) is 0 Å². The van der Waals surface area contributed by atoms with Crippen LogP contribution in [-0.4, -0.2) is 6.54 Å². The highest BCUT2D eigenvalue weighted by molar-refractivity contribution is 5.44. The average Bonchev–Trinajstić information content (AvgIpc) is 2.73. The molecule has 28 heavy (non-hydrogen) atoms. The van der Waals surface area contributed by atoms with Gasteiger partial charge in [0.1, 0.15) is 13.2 Å². The van der Waals surface area contributed by atoms with Crippen LogP contribution >= 0.6 is 0 Å². The topological polar surface area (TPSA) is 44.5 Å². The number of nitrogens with two attached hydrogens (primary N) is 1. The number of ether oxygens (including phenoxy) is 2. The van der Waals surface area contributed by atoms with Crippen LogP contribution < -0.4 is 15.2 Å². The minimum Gasteiger partial charge on any atom is -0.485 e. The third kappa shape index (κ3) is 5.37. The van der Waals surface area contributed by atoms with Gasteiger partial charge >= 0.3 is 0 Å². The zero-order chi connectivity index (χ0) is 19.8. The number of benzene rings is 3. The fraction of sp³-hybridized carbons (Fsp3) is 0.280. The minimum atomic E-state index is 0.294. The van der Waals surface area contributed by atoms with Gasteiger partial charge in [-0.1, -0.05) is 80.6 Å². The Bertz CT molecular complexity index is 847. The van der Waals surface area contributed by atoms with Gasteiger partial charge in [-0.15, -0.1) is 0 Å². The van der Waals surface area contributed by atoms with E-state index in [0.717, 1.165) is 22.6 Å². The highest BCUT2D eigenvalue weighted by atomic mass is 16.5. The molecule has 3 heteroatoms. The molecule has 0 radical (unpaired) electrons. The van der Waals surface area contributed by atoms with Crippen LogP contribution in [0, 0.1) is 5.92 Å². The fourth-order valence-electron chi connectivity index (χ4n) is 3.25. The lowest BCUT2D eigenvalue weighted by Gasteiger charge is -2.21. The molecule has 2 N–H and O–H groups in total. The molecule has 0 fully saturated rings. The van der Waals surface area contributed by atoms with Crippen LogP contribution in [0.3, 0.4) is 0 Å². The molecule has 0 saturated carbocycles. The first-order valence-corrected chi connectivity index (χ1v) is 9.85. The largest absolute Gasteiger partial charge is 0.485 e. The van der Waals surface area contributed by atoms with Gasteiger partial charge in [-0.05, 0) is 47.2 Å². The first-order valence-electron chi connectivity index (χ1n) is 9.85. The lowest BCUT2D eigenvalue weighted by Crippen LogP contribution is -2.18. The van der Waals surface area contributed by atoms with Crippen LogP contribution in [0.15, 0.2) is 78.9 Å². The van der Waals surface area contributed by atoms with Crippen LogP contribution in [0.1, 0.15) is 36.5 Å². The summed E-state index contributed by atoms with van der Waals surface area (Å²) in [6.07, 6.45) is 0. The second-order valence-electron chi connectivity index (χ2n) is 7.34. The van der Waals surface area contributed by atoms with Crippen LogP contribution in [0.5, 0.6) is 11.5 Å². The molecule has 0 aliphatic heterocycles. The number of hydrogen-bond acceptors (Lipinski definition) is 3. The average molecular weight is 376 g/mol. The molecule has 0 saturated heterocycles. The Kier molecular flexibility index (Phi) is 7.10. The fourth-order valence-corrected chi connectivity index (χ4v) is 3.25. The zero-order valence-corrected chi connectivity index (χ0v) is 16.7. The van der Waals surface area contributed by atoms with Gasteiger partial charge in [0.25, 0.3) is 0 Å². The molecule has 0 aliphatic rings. The zero-order valence-electron chi connectivity index (χ0n) is 16.7. The molecule has 0 heterocycles. The van der Waals surface area contributed by atoms with Gasteiger partial charge in [-0.3, -0.25) is 0 Å². The summed E-state index contributed by atoms with van der Waals surface area (Å²) in [4.78, 5) is 0. The summed E-state index contributed by atoms with van der Waals surface area (Å²) in [6, 6.07) is 26.5. The van der Waals surface area contributed by atoms with Crippen LogP contribution in [0.25, 0.3) is 0 Å². The maximum Gasteiger partial charge on any atom is 0.161 e. The smallest absolute Gasteiger partial charge is 0.161 e. The van der Waals surface area contributed by atoms with Crippen molar-refractivity contribution in [2.24, 2.45) is 11.7 Å². The van der Waals surface area contributed by atoms with Gasteiger partial charge in [-0.2, -0.15) is 0 Å². The summed E-state index contributed by atoms with van der Waals surface area (Å²) in [7, 11) is 0. The summed E-state index contributed by atoms with van der Waals surface area (Å²) >= 11 is 0. The number of hydrogen-bond donors (Lipinski definition) is 1. The molecule has 146 valence electrons. The van der Waals surface area contributed by atoms with Gasteiger partial charge < -0.3 is 15.2 Å². The van der Waals surface area contributed by atoms with Crippen molar-refractivity contribution in [1.82, 2.24) is 0 Å². The maximum absolute atomic E-state index is 6.16. The Morgan fingerprint density at radius 1 is 0.714 bits per heavy atom.